The number of H-pyrrole nitrogens is 1. The van der Waals surface area contributed by atoms with Crippen molar-refractivity contribution >= 4 is 22.1 Å². The van der Waals surface area contributed by atoms with Crippen LogP contribution >= 0.6 is 0 Å². The van der Waals surface area contributed by atoms with E-state index in [1.165, 1.54) is 0 Å². The van der Waals surface area contributed by atoms with Crippen molar-refractivity contribution in [3.8, 4) is 0 Å². The number of hydrogen-bond acceptors (Lipinski definition) is 4. The second kappa shape index (κ2) is 3.28. The van der Waals surface area contributed by atoms with Gasteiger partial charge in [-0.25, -0.2) is 0 Å². The summed E-state index contributed by atoms with van der Waals surface area (Å²) in [5.74, 6) is 0.418. The minimum Gasteiger partial charge on any atom is -0.437 e. The van der Waals surface area contributed by atoms with E-state index in [-0.39, 0.29) is 16.5 Å². The van der Waals surface area contributed by atoms with Crippen molar-refractivity contribution in [2.24, 2.45) is 0 Å². The number of aromatic nitrogens is 2. The van der Waals surface area contributed by atoms with Gasteiger partial charge in [-0.15, -0.1) is 0 Å². The standard InChI is InChI=1S/C12H8N2O3/c1-6-13-11(16)9-10(15)7-4-2-3-5-8(7)17-12(9)14-6/h2-5H,1H3,(H,13,14,16). The maximum atomic E-state index is 12.1. The van der Waals surface area contributed by atoms with Crippen LogP contribution in [0.2, 0.25) is 0 Å². The van der Waals surface area contributed by atoms with Crippen molar-refractivity contribution in [3.63, 3.8) is 0 Å². The second-order valence-electron chi connectivity index (χ2n) is 3.76. The normalized spacial score (nSPS) is 11.1. The lowest BCUT2D eigenvalue weighted by molar-refractivity contribution is 0.640. The molecular formula is C12H8N2O3. The minimum absolute atomic E-state index is 0.0331. The SMILES string of the molecule is Cc1nc2oc3ccccc3c(=O)c2c(=O)[nH]1. The third-order valence-corrected chi connectivity index (χ3v) is 2.57. The maximum Gasteiger partial charge on any atom is 0.266 e. The molecule has 0 radical (unpaired) electrons. The Morgan fingerprint density at radius 2 is 2.00 bits per heavy atom. The molecule has 0 aliphatic heterocycles. The molecule has 2 aromatic heterocycles. The molecule has 5 heteroatoms. The monoisotopic (exact) mass is 228 g/mol. The largest absolute Gasteiger partial charge is 0.437 e. The van der Waals surface area contributed by atoms with E-state index < -0.39 is 5.56 Å². The molecule has 0 amide bonds. The molecule has 1 aromatic carbocycles. The number of fused-ring (bicyclic) bond motifs is 2. The first-order valence-corrected chi connectivity index (χ1v) is 5.09. The van der Waals surface area contributed by atoms with E-state index >= 15 is 0 Å². The Bertz CT molecular complexity index is 846. The molecule has 3 aromatic rings. The van der Waals surface area contributed by atoms with Crippen molar-refractivity contribution in [2.75, 3.05) is 0 Å². The molecule has 0 aliphatic rings. The van der Waals surface area contributed by atoms with Crippen LogP contribution in [0.25, 0.3) is 22.1 Å². The van der Waals surface area contributed by atoms with E-state index in [9.17, 15) is 9.59 Å². The van der Waals surface area contributed by atoms with Crippen LogP contribution < -0.4 is 11.0 Å². The summed E-state index contributed by atoms with van der Waals surface area (Å²) >= 11 is 0. The predicted octanol–water partition coefficient (Wildman–Crippen LogP) is 1.34. The third-order valence-electron chi connectivity index (χ3n) is 2.57. The highest BCUT2D eigenvalue weighted by atomic mass is 16.3. The van der Waals surface area contributed by atoms with Crippen LogP contribution in [0.3, 0.4) is 0 Å². The van der Waals surface area contributed by atoms with Gasteiger partial charge in [0.2, 0.25) is 11.1 Å². The molecule has 0 aliphatic carbocycles. The molecule has 17 heavy (non-hydrogen) atoms. The minimum atomic E-state index is -0.466. The average molecular weight is 228 g/mol. The Morgan fingerprint density at radius 3 is 2.82 bits per heavy atom. The van der Waals surface area contributed by atoms with Gasteiger partial charge in [0, 0.05) is 0 Å². The zero-order chi connectivity index (χ0) is 12.0. The molecule has 0 saturated carbocycles. The summed E-state index contributed by atoms with van der Waals surface area (Å²) in [5.41, 5.74) is -0.306. The van der Waals surface area contributed by atoms with Crippen LogP contribution in [-0.2, 0) is 0 Å². The summed E-state index contributed by atoms with van der Waals surface area (Å²) in [6.07, 6.45) is 0. The van der Waals surface area contributed by atoms with Crippen molar-refractivity contribution in [2.45, 2.75) is 6.92 Å². The van der Waals surface area contributed by atoms with Gasteiger partial charge in [0.15, 0.2) is 5.39 Å². The number of nitrogens with one attached hydrogen (secondary N) is 1. The van der Waals surface area contributed by atoms with Crippen LogP contribution in [0.4, 0.5) is 0 Å². The topological polar surface area (TPSA) is 76.0 Å². The van der Waals surface area contributed by atoms with E-state index in [4.69, 9.17) is 4.42 Å². The Hall–Kier alpha value is -2.43. The van der Waals surface area contributed by atoms with Crippen LogP contribution in [0.1, 0.15) is 5.82 Å². The van der Waals surface area contributed by atoms with E-state index in [1.807, 2.05) is 0 Å². The number of para-hydroxylation sites is 1. The lowest BCUT2D eigenvalue weighted by Gasteiger charge is -2.00. The Labute approximate surface area is 94.7 Å². The average Bonchev–Trinajstić information content (AvgIpc) is 2.28. The van der Waals surface area contributed by atoms with Gasteiger partial charge in [-0.1, -0.05) is 12.1 Å². The van der Waals surface area contributed by atoms with Crippen molar-refractivity contribution in [1.82, 2.24) is 9.97 Å². The fourth-order valence-electron chi connectivity index (χ4n) is 1.82. The number of hydrogen-bond donors (Lipinski definition) is 1. The van der Waals surface area contributed by atoms with Gasteiger partial charge >= 0.3 is 0 Å². The van der Waals surface area contributed by atoms with Crippen molar-refractivity contribution in [3.05, 3.63) is 50.7 Å². The first-order chi connectivity index (χ1) is 8.16. The highest BCUT2D eigenvalue weighted by Gasteiger charge is 2.11. The lowest BCUT2D eigenvalue weighted by atomic mass is 10.2. The Morgan fingerprint density at radius 1 is 1.24 bits per heavy atom. The molecule has 1 N–H and O–H groups in total. The molecule has 0 atom stereocenters. The maximum absolute atomic E-state index is 12.1. The Balaban J connectivity index is 2.70. The first kappa shape index (κ1) is 9.77. The van der Waals surface area contributed by atoms with Gasteiger partial charge in [-0.2, -0.15) is 4.98 Å². The summed E-state index contributed by atoms with van der Waals surface area (Å²) in [6.45, 7) is 1.63. The molecule has 0 saturated heterocycles. The summed E-state index contributed by atoms with van der Waals surface area (Å²) in [7, 11) is 0. The van der Waals surface area contributed by atoms with Gasteiger partial charge in [0.1, 0.15) is 11.4 Å². The number of benzene rings is 1. The number of rotatable bonds is 0. The molecule has 5 nitrogen and oxygen atoms in total. The second-order valence-corrected chi connectivity index (χ2v) is 3.76. The van der Waals surface area contributed by atoms with Gasteiger partial charge in [0.05, 0.1) is 5.39 Å². The van der Waals surface area contributed by atoms with Crippen molar-refractivity contribution < 1.29 is 4.42 Å². The molecule has 0 spiro atoms. The molecule has 0 bridgehead atoms. The third kappa shape index (κ3) is 1.36. The van der Waals surface area contributed by atoms with E-state index in [0.29, 0.717) is 16.8 Å². The zero-order valence-corrected chi connectivity index (χ0v) is 8.98. The fourth-order valence-corrected chi connectivity index (χ4v) is 1.82. The molecule has 3 rings (SSSR count). The zero-order valence-electron chi connectivity index (χ0n) is 8.98. The first-order valence-electron chi connectivity index (χ1n) is 5.09. The quantitative estimate of drug-likeness (QED) is 0.589. The van der Waals surface area contributed by atoms with Crippen LogP contribution in [0.15, 0.2) is 38.3 Å². The van der Waals surface area contributed by atoms with E-state index in [1.54, 1.807) is 31.2 Å². The molecule has 0 unspecified atom stereocenters. The van der Waals surface area contributed by atoms with Gasteiger partial charge in [0.25, 0.3) is 5.56 Å². The van der Waals surface area contributed by atoms with Crippen LogP contribution in [0, 0.1) is 6.92 Å². The highest BCUT2D eigenvalue weighted by Crippen LogP contribution is 2.14. The van der Waals surface area contributed by atoms with Crippen LogP contribution in [-0.4, -0.2) is 9.97 Å². The molecule has 2 heterocycles. The molecule has 0 fully saturated rings. The number of aryl methyl sites for hydroxylation is 1. The van der Waals surface area contributed by atoms with Gasteiger partial charge in [-0.3, -0.25) is 9.59 Å². The van der Waals surface area contributed by atoms with Crippen LogP contribution in [0.5, 0.6) is 0 Å². The van der Waals surface area contributed by atoms with E-state index in [2.05, 4.69) is 9.97 Å². The summed E-state index contributed by atoms with van der Waals surface area (Å²) in [6, 6.07) is 6.78. The highest BCUT2D eigenvalue weighted by molar-refractivity contribution is 5.87. The molecule has 84 valence electrons. The number of aromatic amines is 1. The lowest BCUT2D eigenvalue weighted by Crippen LogP contribution is -2.18. The van der Waals surface area contributed by atoms with Gasteiger partial charge in [-0.05, 0) is 19.1 Å². The summed E-state index contributed by atoms with van der Waals surface area (Å²) in [5, 5.41) is 0.352. The molecular weight excluding hydrogens is 220 g/mol. The van der Waals surface area contributed by atoms with Crippen molar-refractivity contribution in [1.29, 1.82) is 0 Å². The number of nitrogens with zero attached hydrogens (tertiary/aromatic N) is 1. The van der Waals surface area contributed by atoms with Gasteiger partial charge < -0.3 is 9.40 Å². The fraction of sp³-hybridized carbons (Fsp3) is 0.0833. The Kier molecular flexibility index (Phi) is 1.89. The predicted molar refractivity (Wildman–Crippen MR) is 63.1 cm³/mol. The summed E-state index contributed by atoms with van der Waals surface area (Å²) < 4.78 is 5.46. The summed E-state index contributed by atoms with van der Waals surface area (Å²) in [4.78, 5) is 30.3. The van der Waals surface area contributed by atoms with E-state index in [0.717, 1.165) is 0 Å². The smallest absolute Gasteiger partial charge is 0.266 e.